The zero-order valence-electron chi connectivity index (χ0n) is 17.6. The molecule has 8 heteroatoms. The molecule has 3 heterocycles. The molecule has 2 aliphatic heterocycles. The van der Waals surface area contributed by atoms with Crippen LogP contribution >= 0.6 is 0 Å². The first-order valence-corrected chi connectivity index (χ1v) is 12.5. The number of aromatic nitrogens is 2. The van der Waals surface area contributed by atoms with E-state index in [-0.39, 0.29) is 0 Å². The van der Waals surface area contributed by atoms with Crippen LogP contribution in [-0.4, -0.2) is 49.2 Å². The van der Waals surface area contributed by atoms with Crippen LogP contribution in [0.2, 0.25) is 0 Å². The second-order valence-electron chi connectivity index (χ2n) is 8.31. The summed E-state index contributed by atoms with van der Waals surface area (Å²) in [6.07, 6.45) is 6.07. The van der Waals surface area contributed by atoms with Crippen LogP contribution in [0.15, 0.2) is 33.7 Å². The lowest BCUT2D eigenvalue weighted by Crippen LogP contribution is -2.40. The highest BCUT2D eigenvalue weighted by Gasteiger charge is 2.31. The molecule has 30 heavy (non-hydrogen) atoms. The molecule has 0 bridgehead atoms. The zero-order valence-corrected chi connectivity index (χ0v) is 18.4. The molecule has 164 valence electrons. The van der Waals surface area contributed by atoms with Gasteiger partial charge in [0.25, 0.3) is 0 Å². The summed E-state index contributed by atoms with van der Waals surface area (Å²) >= 11 is 0. The van der Waals surface area contributed by atoms with Crippen molar-refractivity contribution in [1.29, 1.82) is 0 Å². The van der Waals surface area contributed by atoms with Crippen molar-refractivity contribution >= 4 is 10.0 Å². The van der Waals surface area contributed by atoms with Crippen molar-refractivity contribution in [2.45, 2.75) is 62.7 Å². The average molecular weight is 434 g/mol. The standard InChI is InChI=1S/C22H31N3O4S/c1-2-18-7-3-4-8-20(18)30(26,27)25-13-5-6-17(16-25)9-10-21-23-22(29-24-21)19-11-14-28-15-12-19/h3-4,7-8,17,19H,2,5-6,9-16H2,1H3. The van der Waals surface area contributed by atoms with E-state index in [1.54, 1.807) is 16.4 Å². The lowest BCUT2D eigenvalue weighted by molar-refractivity contribution is 0.0778. The second kappa shape index (κ2) is 9.58. The van der Waals surface area contributed by atoms with E-state index >= 15 is 0 Å². The average Bonchev–Trinajstić information content (AvgIpc) is 3.27. The Morgan fingerprint density at radius 3 is 2.77 bits per heavy atom. The summed E-state index contributed by atoms with van der Waals surface area (Å²) in [6, 6.07) is 7.34. The minimum atomic E-state index is -3.46. The maximum absolute atomic E-state index is 13.2. The van der Waals surface area contributed by atoms with Gasteiger partial charge in [-0.2, -0.15) is 9.29 Å². The van der Waals surface area contributed by atoms with Crippen LogP contribution in [0.3, 0.4) is 0 Å². The van der Waals surface area contributed by atoms with Crippen LogP contribution in [0.25, 0.3) is 0 Å². The quantitative estimate of drug-likeness (QED) is 0.664. The van der Waals surface area contributed by atoms with E-state index in [1.165, 1.54) is 0 Å². The maximum atomic E-state index is 13.2. The number of aryl methyl sites for hydroxylation is 2. The van der Waals surface area contributed by atoms with Crippen molar-refractivity contribution in [2.75, 3.05) is 26.3 Å². The van der Waals surface area contributed by atoms with Crippen LogP contribution in [0.1, 0.15) is 62.2 Å². The Labute approximate surface area is 178 Å². The van der Waals surface area contributed by atoms with Gasteiger partial charge in [-0.1, -0.05) is 30.3 Å². The van der Waals surface area contributed by atoms with Crippen LogP contribution < -0.4 is 0 Å². The topological polar surface area (TPSA) is 85.5 Å². The van der Waals surface area contributed by atoms with Crippen molar-refractivity contribution in [3.05, 3.63) is 41.5 Å². The smallest absolute Gasteiger partial charge is 0.243 e. The van der Waals surface area contributed by atoms with Crippen molar-refractivity contribution in [3.63, 3.8) is 0 Å². The van der Waals surface area contributed by atoms with Crippen LogP contribution in [0.4, 0.5) is 0 Å². The summed E-state index contributed by atoms with van der Waals surface area (Å²) in [5.41, 5.74) is 0.882. The van der Waals surface area contributed by atoms with E-state index in [9.17, 15) is 8.42 Å². The van der Waals surface area contributed by atoms with Crippen molar-refractivity contribution < 1.29 is 17.7 Å². The Morgan fingerprint density at radius 1 is 1.17 bits per heavy atom. The lowest BCUT2D eigenvalue weighted by Gasteiger charge is -2.32. The van der Waals surface area contributed by atoms with Gasteiger partial charge < -0.3 is 9.26 Å². The number of rotatable bonds is 7. The first-order chi connectivity index (χ1) is 14.6. The third kappa shape index (κ3) is 4.76. The fourth-order valence-corrected chi connectivity index (χ4v) is 6.33. The molecule has 0 N–H and O–H groups in total. The molecule has 0 radical (unpaired) electrons. The van der Waals surface area contributed by atoms with E-state index in [1.807, 2.05) is 19.1 Å². The van der Waals surface area contributed by atoms with Gasteiger partial charge in [0.1, 0.15) is 0 Å². The SMILES string of the molecule is CCc1ccccc1S(=O)(=O)N1CCCC(CCc2noc(C3CCOCC3)n2)C1. The highest BCUT2D eigenvalue weighted by Crippen LogP contribution is 2.29. The number of ether oxygens (including phenoxy) is 1. The Kier molecular flexibility index (Phi) is 6.85. The van der Waals surface area contributed by atoms with Gasteiger partial charge in [-0.15, -0.1) is 0 Å². The zero-order chi connectivity index (χ0) is 21.0. The molecule has 2 fully saturated rings. The number of sulfonamides is 1. The van der Waals surface area contributed by atoms with E-state index in [2.05, 4.69) is 10.1 Å². The first kappa shape index (κ1) is 21.5. The molecule has 4 rings (SSSR count). The second-order valence-corrected chi connectivity index (χ2v) is 10.2. The van der Waals surface area contributed by atoms with Gasteiger partial charge in [-0.05, 0) is 56.1 Å². The number of benzene rings is 1. The fourth-order valence-electron chi connectivity index (χ4n) is 4.48. The molecule has 2 saturated heterocycles. The summed E-state index contributed by atoms with van der Waals surface area (Å²) in [6.45, 7) is 4.64. The molecular weight excluding hydrogens is 402 g/mol. The molecule has 7 nitrogen and oxygen atoms in total. The Balaban J connectivity index is 1.37. The van der Waals surface area contributed by atoms with Gasteiger partial charge in [0.05, 0.1) is 4.90 Å². The van der Waals surface area contributed by atoms with Crippen molar-refractivity contribution in [1.82, 2.24) is 14.4 Å². The molecule has 0 saturated carbocycles. The molecule has 2 aliphatic rings. The van der Waals surface area contributed by atoms with Crippen LogP contribution in [0, 0.1) is 5.92 Å². The predicted molar refractivity (Wildman–Crippen MR) is 113 cm³/mol. The molecule has 0 amide bonds. The lowest BCUT2D eigenvalue weighted by atomic mass is 9.94. The Bertz CT molecular complexity index is 937. The molecule has 1 aromatic carbocycles. The van der Waals surface area contributed by atoms with Crippen molar-refractivity contribution in [3.8, 4) is 0 Å². The highest BCUT2D eigenvalue weighted by molar-refractivity contribution is 7.89. The Hall–Kier alpha value is -1.77. The van der Waals surface area contributed by atoms with Crippen molar-refractivity contribution in [2.24, 2.45) is 5.92 Å². The normalized spacial score (nSPS) is 21.7. The summed E-state index contributed by atoms with van der Waals surface area (Å²) in [5, 5.41) is 4.16. The molecule has 0 spiro atoms. The van der Waals surface area contributed by atoms with Gasteiger partial charge >= 0.3 is 0 Å². The molecule has 1 atom stereocenters. The highest BCUT2D eigenvalue weighted by atomic mass is 32.2. The molecule has 1 unspecified atom stereocenters. The summed E-state index contributed by atoms with van der Waals surface area (Å²) in [7, 11) is -3.46. The number of nitrogens with zero attached hydrogens (tertiary/aromatic N) is 3. The minimum Gasteiger partial charge on any atom is -0.381 e. The van der Waals surface area contributed by atoms with E-state index in [0.29, 0.717) is 36.2 Å². The van der Waals surface area contributed by atoms with E-state index in [0.717, 1.165) is 69.0 Å². The predicted octanol–water partition coefficient (Wildman–Crippen LogP) is 3.56. The van der Waals surface area contributed by atoms with Gasteiger partial charge in [-0.25, -0.2) is 8.42 Å². The maximum Gasteiger partial charge on any atom is 0.243 e. The minimum absolute atomic E-state index is 0.300. The Morgan fingerprint density at radius 2 is 1.97 bits per heavy atom. The molecule has 1 aromatic heterocycles. The molecule has 0 aliphatic carbocycles. The first-order valence-electron chi connectivity index (χ1n) is 11.1. The molecular formula is C22H31N3O4S. The van der Waals surface area contributed by atoms with Crippen LogP contribution in [0.5, 0.6) is 0 Å². The molecule has 2 aromatic rings. The van der Waals surface area contributed by atoms with Gasteiger partial charge in [0, 0.05) is 38.6 Å². The fraction of sp³-hybridized carbons (Fsp3) is 0.636. The van der Waals surface area contributed by atoms with Gasteiger partial charge in [-0.3, -0.25) is 0 Å². The van der Waals surface area contributed by atoms with Gasteiger partial charge in [0.15, 0.2) is 5.82 Å². The third-order valence-corrected chi connectivity index (χ3v) is 8.25. The summed E-state index contributed by atoms with van der Waals surface area (Å²) in [5.74, 6) is 2.06. The summed E-state index contributed by atoms with van der Waals surface area (Å²) in [4.78, 5) is 5.04. The third-order valence-electron chi connectivity index (χ3n) is 6.28. The monoisotopic (exact) mass is 433 g/mol. The number of hydrogen-bond donors (Lipinski definition) is 0. The van der Waals surface area contributed by atoms with E-state index in [4.69, 9.17) is 9.26 Å². The number of hydrogen-bond acceptors (Lipinski definition) is 6. The summed E-state index contributed by atoms with van der Waals surface area (Å²) < 4.78 is 39.0. The van der Waals surface area contributed by atoms with E-state index < -0.39 is 10.0 Å². The largest absolute Gasteiger partial charge is 0.381 e. The van der Waals surface area contributed by atoms with Crippen LogP contribution in [-0.2, 0) is 27.6 Å². The van der Waals surface area contributed by atoms with Gasteiger partial charge in [0.2, 0.25) is 15.9 Å². The number of piperidine rings is 1.